The zero-order chi connectivity index (χ0) is 7.82. The van der Waals surface area contributed by atoms with E-state index in [0.29, 0.717) is 6.42 Å². The van der Waals surface area contributed by atoms with Crippen molar-refractivity contribution in [2.75, 3.05) is 0 Å². The van der Waals surface area contributed by atoms with Gasteiger partial charge in [-0.2, -0.15) is 0 Å². The first-order valence-corrected chi connectivity index (χ1v) is 3.99. The average Bonchev–Trinajstić information content (AvgIpc) is 1.87. The summed E-state index contributed by atoms with van der Waals surface area (Å²) in [5, 5.41) is 8.27. The van der Waals surface area contributed by atoms with Crippen molar-refractivity contribution in [1.29, 1.82) is 0 Å². The molecule has 0 atom stereocenters. The van der Waals surface area contributed by atoms with Crippen molar-refractivity contribution in [2.24, 2.45) is 0 Å². The third-order valence-corrected chi connectivity index (χ3v) is 1.49. The van der Waals surface area contributed by atoms with Gasteiger partial charge in [0, 0.05) is 6.42 Å². The summed E-state index contributed by atoms with van der Waals surface area (Å²) in [4.78, 5) is 10.0. The molecule has 0 saturated carbocycles. The third kappa shape index (κ3) is 7.47. The number of carbonyl (C=O) groups is 1. The fraction of sp³-hybridized carbons (Fsp3) is 0.875. The molecule has 0 saturated heterocycles. The lowest BCUT2D eigenvalue weighted by atomic mass is 10.2. The lowest BCUT2D eigenvalue weighted by Gasteiger charge is -1.95. The van der Waals surface area contributed by atoms with Crippen LogP contribution in [0.1, 0.15) is 45.4 Å². The molecular weight excluding hydrogens is 129 g/mol. The van der Waals surface area contributed by atoms with Crippen LogP contribution in [0.3, 0.4) is 0 Å². The van der Waals surface area contributed by atoms with E-state index in [1.165, 1.54) is 19.3 Å². The van der Waals surface area contributed by atoms with Crippen molar-refractivity contribution in [3.05, 3.63) is 0 Å². The lowest BCUT2D eigenvalue weighted by Crippen LogP contribution is -1.93. The Hall–Kier alpha value is -0.530. The summed E-state index contributed by atoms with van der Waals surface area (Å²) in [5.41, 5.74) is 0. The van der Waals surface area contributed by atoms with Crippen molar-refractivity contribution >= 4 is 5.97 Å². The van der Waals surface area contributed by atoms with Gasteiger partial charge in [0.1, 0.15) is 0 Å². The van der Waals surface area contributed by atoms with E-state index in [1.54, 1.807) is 0 Å². The molecule has 0 aliphatic carbocycles. The van der Waals surface area contributed by atoms with Gasteiger partial charge in [0.25, 0.3) is 0 Å². The van der Waals surface area contributed by atoms with Crippen LogP contribution in [0, 0.1) is 0 Å². The zero-order valence-electron chi connectivity index (χ0n) is 6.60. The summed E-state index contributed by atoms with van der Waals surface area (Å²) in [7, 11) is 0. The standard InChI is InChI=1S/C8H16O2/c1-2-3-4-5-6-7-8(9)10/h2-7H2,1H3,(H,9,10)/i6+1. The number of carboxylic acid groups (broad SMARTS) is 1. The van der Waals surface area contributed by atoms with Crippen LogP contribution in [0.25, 0.3) is 0 Å². The van der Waals surface area contributed by atoms with Crippen LogP contribution in [0.15, 0.2) is 0 Å². The Morgan fingerprint density at radius 2 is 1.80 bits per heavy atom. The van der Waals surface area contributed by atoms with Crippen molar-refractivity contribution < 1.29 is 9.90 Å². The molecule has 0 heterocycles. The van der Waals surface area contributed by atoms with Gasteiger partial charge in [0.15, 0.2) is 0 Å². The summed E-state index contributed by atoms with van der Waals surface area (Å²) < 4.78 is 0. The van der Waals surface area contributed by atoms with E-state index in [-0.39, 0.29) is 0 Å². The van der Waals surface area contributed by atoms with E-state index in [4.69, 9.17) is 5.11 Å². The number of rotatable bonds is 6. The minimum atomic E-state index is -0.670. The maximum atomic E-state index is 10.0. The van der Waals surface area contributed by atoms with Crippen molar-refractivity contribution in [3.8, 4) is 0 Å². The normalized spacial score (nSPS) is 9.70. The van der Waals surface area contributed by atoms with E-state index in [2.05, 4.69) is 6.92 Å². The molecule has 0 rings (SSSR count). The van der Waals surface area contributed by atoms with Crippen molar-refractivity contribution in [1.82, 2.24) is 0 Å². The molecule has 0 aliphatic heterocycles. The molecule has 2 nitrogen and oxygen atoms in total. The summed E-state index contributed by atoms with van der Waals surface area (Å²) in [6.45, 7) is 2.15. The Kier molecular flexibility index (Phi) is 6.24. The number of unbranched alkanes of at least 4 members (excludes halogenated alkanes) is 4. The summed E-state index contributed by atoms with van der Waals surface area (Å²) in [6, 6.07) is 0. The van der Waals surface area contributed by atoms with Gasteiger partial charge in [-0.1, -0.05) is 32.6 Å². The van der Waals surface area contributed by atoms with E-state index >= 15 is 0 Å². The predicted molar refractivity (Wildman–Crippen MR) is 41.0 cm³/mol. The first-order chi connectivity index (χ1) is 4.77. The van der Waals surface area contributed by atoms with E-state index < -0.39 is 5.97 Å². The first-order valence-electron chi connectivity index (χ1n) is 3.99. The Morgan fingerprint density at radius 1 is 1.20 bits per heavy atom. The molecule has 0 spiro atoms. The van der Waals surface area contributed by atoms with E-state index in [1.807, 2.05) is 0 Å². The van der Waals surface area contributed by atoms with Gasteiger partial charge in [0.2, 0.25) is 0 Å². The fourth-order valence-electron chi connectivity index (χ4n) is 0.880. The Balaban J connectivity index is 2.84. The second-order valence-electron chi connectivity index (χ2n) is 2.56. The van der Waals surface area contributed by atoms with Crippen LogP contribution in [0.5, 0.6) is 0 Å². The molecule has 10 heavy (non-hydrogen) atoms. The molecule has 0 bridgehead atoms. The molecule has 0 aromatic heterocycles. The molecule has 0 aromatic carbocycles. The van der Waals surface area contributed by atoms with Crippen LogP contribution in [0.2, 0.25) is 0 Å². The number of hydrogen-bond acceptors (Lipinski definition) is 1. The van der Waals surface area contributed by atoms with Gasteiger partial charge in [0.05, 0.1) is 0 Å². The number of hydrogen-bond donors (Lipinski definition) is 1. The molecule has 60 valence electrons. The second-order valence-corrected chi connectivity index (χ2v) is 2.56. The molecule has 0 aromatic rings. The van der Waals surface area contributed by atoms with Crippen molar-refractivity contribution in [3.63, 3.8) is 0 Å². The third-order valence-electron chi connectivity index (χ3n) is 1.49. The van der Waals surface area contributed by atoms with Crippen LogP contribution in [-0.2, 0) is 4.79 Å². The Morgan fingerprint density at radius 3 is 2.30 bits per heavy atom. The molecule has 0 aliphatic rings. The van der Waals surface area contributed by atoms with Gasteiger partial charge in [-0.15, -0.1) is 0 Å². The maximum absolute atomic E-state index is 10.0. The number of carboxylic acids is 1. The largest absolute Gasteiger partial charge is 0.481 e. The van der Waals surface area contributed by atoms with Gasteiger partial charge in [-0.05, 0) is 6.42 Å². The highest BCUT2D eigenvalue weighted by Crippen LogP contribution is 2.04. The second kappa shape index (κ2) is 6.59. The monoisotopic (exact) mass is 145 g/mol. The van der Waals surface area contributed by atoms with Crippen molar-refractivity contribution in [2.45, 2.75) is 45.4 Å². The van der Waals surface area contributed by atoms with Crippen LogP contribution in [-0.4, -0.2) is 11.1 Å². The first kappa shape index (κ1) is 9.47. The van der Waals surface area contributed by atoms with Gasteiger partial charge < -0.3 is 5.11 Å². The molecule has 0 amide bonds. The highest BCUT2D eigenvalue weighted by atomic mass is 16.4. The summed E-state index contributed by atoms with van der Waals surface area (Å²) in [5.74, 6) is -0.670. The van der Waals surface area contributed by atoms with E-state index in [0.717, 1.165) is 12.8 Å². The fourth-order valence-corrected chi connectivity index (χ4v) is 0.880. The molecular formula is C8H16O2. The van der Waals surface area contributed by atoms with Gasteiger partial charge in [-0.3, -0.25) is 4.79 Å². The smallest absolute Gasteiger partial charge is 0.303 e. The lowest BCUT2D eigenvalue weighted by molar-refractivity contribution is -0.137. The van der Waals surface area contributed by atoms with Gasteiger partial charge >= 0.3 is 5.97 Å². The topological polar surface area (TPSA) is 37.3 Å². The number of aliphatic carboxylic acids is 1. The Labute approximate surface area is 62.2 Å². The SMILES string of the molecule is CCCCC[13CH2]CC(=O)O. The molecule has 1 N–H and O–H groups in total. The van der Waals surface area contributed by atoms with E-state index in [9.17, 15) is 4.79 Å². The molecule has 0 radical (unpaired) electrons. The predicted octanol–water partition coefficient (Wildman–Crippen LogP) is 2.43. The average molecular weight is 145 g/mol. The highest BCUT2D eigenvalue weighted by molar-refractivity contribution is 5.66. The summed E-state index contributed by atoms with van der Waals surface area (Å²) >= 11 is 0. The quantitative estimate of drug-likeness (QED) is 0.460. The summed E-state index contributed by atoms with van der Waals surface area (Å²) in [6.07, 6.45) is 5.88. The minimum absolute atomic E-state index is 0.337. The molecule has 0 unspecified atom stereocenters. The van der Waals surface area contributed by atoms with Gasteiger partial charge in [-0.25, -0.2) is 0 Å². The minimum Gasteiger partial charge on any atom is -0.481 e. The maximum Gasteiger partial charge on any atom is 0.303 e. The van der Waals surface area contributed by atoms with Crippen LogP contribution < -0.4 is 0 Å². The van der Waals surface area contributed by atoms with Crippen LogP contribution in [0.4, 0.5) is 0 Å². The molecule has 0 fully saturated rings. The van der Waals surface area contributed by atoms with Crippen LogP contribution >= 0.6 is 0 Å². The zero-order valence-corrected chi connectivity index (χ0v) is 6.60. The Bertz CT molecular complexity index is 89.3. The molecule has 2 heteroatoms. The highest BCUT2D eigenvalue weighted by Gasteiger charge is 1.94.